The molecule has 0 amide bonds. The maximum Gasteiger partial charge on any atom is 0.188 e. The van der Waals surface area contributed by atoms with Crippen LogP contribution in [0.4, 0.5) is 0 Å². The molecule has 1 aromatic carbocycles. The van der Waals surface area contributed by atoms with Gasteiger partial charge in [0.25, 0.3) is 0 Å². The summed E-state index contributed by atoms with van der Waals surface area (Å²) in [7, 11) is -3.55. The predicted octanol–water partition coefficient (Wildman–Crippen LogP) is 4.31. The van der Waals surface area contributed by atoms with Gasteiger partial charge in [-0.2, -0.15) is 0 Å². The average molecular weight is 322 g/mol. The number of carbonyl (C=O) groups is 1. The molecule has 1 aliphatic rings. The number of hydrogen-bond donors (Lipinski definition) is 0. The van der Waals surface area contributed by atoms with E-state index in [1.807, 2.05) is 0 Å². The molecule has 0 spiro atoms. The average Bonchev–Trinajstić information content (AvgIpc) is 2.51. The molecule has 22 heavy (non-hydrogen) atoms. The van der Waals surface area contributed by atoms with Crippen LogP contribution in [0.15, 0.2) is 35.2 Å². The van der Waals surface area contributed by atoms with Crippen LogP contribution in [0.2, 0.25) is 0 Å². The zero-order valence-corrected chi connectivity index (χ0v) is 14.0. The lowest BCUT2D eigenvalue weighted by Crippen LogP contribution is -2.30. The number of ketones is 1. The van der Waals surface area contributed by atoms with E-state index in [0.29, 0.717) is 12.8 Å². The Morgan fingerprint density at radius 2 is 1.32 bits per heavy atom. The summed E-state index contributed by atoms with van der Waals surface area (Å²) in [5.41, 5.74) is 0. The fourth-order valence-corrected chi connectivity index (χ4v) is 4.92. The Hall–Kier alpha value is -1.16. The van der Waals surface area contributed by atoms with Gasteiger partial charge < -0.3 is 0 Å². The molecule has 0 aliphatic heterocycles. The van der Waals surface area contributed by atoms with E-state index in [1.165, 1.54) is 12.8 Å². The Bertz CT molecular complexity index is 563. The SMILES string of the molecule is O=C1CCCCCCCCCC[C@@H]1S(=O)(=O)c1ccccc1. The first-order chi connectivity index (χ1) is 10.6. The number of benzene rings is 1. The van der Waals surface area contributed by atoms with Crippen molar-refractivity contribution < 1.29 is 13.2 Å². The number of carbonyl (C=O) groups excluding carboxylic acids is 1. The Morgan fingerprint density at radius 1 is 0.773 bits per heavy atom. The molecule has 1 fully saturated rings. The number of rotatable bonds is 2. The molecular formula is C18H26O3S. The highest BCUT2D eigenvalue weighted by Gasteiger charge is 2.32. The molecule has 0 bridgehead atoms. The van der Waals surface area contributed by atoms with Crippen molar-refractivity contribution in [3.63, 3.8) is 0 Å². The molecule has 0 radical (unpaired) electrons. The van der Waals surface area contributed by atoms with E-state index in [0.717, 1.165) is 38.5 Å². The van der Waals surface area contributed by atoms with Crippen molar-refractivity contribution in [2.75, 3.05) is 0 Å². The summed E-state index contributed by atoms with van der Waals surface area (Å²) < 4.78 is 25.6. The highest BCUT2D eigenvalue weighted by Crippen LogP contribution is 2.24. The molecule has 1 aromatic rings. The van der Waals surface area contributed by atoms with Gasteiger partial charge in [-0.25, -0.2) is 8.42 Å². The molecule has 3 nitrogen and oxygen atoms in total. The lowest BCUT2D eigenvalue weighted by Gasteiger charge is -2.17. The van der Waals surface area contributed by atoms with Crippen LogP contribution >= 0.6 is 0 Å². The quantitative estimate of drug-likeness (QED) is 0.815. The van der Waals surface area contributed by atoms with Gasteiger partial charge in [-0.05, 0) is 25.0 Å². The smallest absolute Gasteiger partial charge is 0.188 e. The fraction of sp³-hybridized carbons (Fsp3) is 0.611. The van der Waals surface area contributed by atoms with Crippen LogP contribution in [0.5, 0.6) is 0 Å². The molecule has 0 saturated heterocycles. The third-order valence-corrected chi connectivity index (χ3v) is 6.62. The van der Waals surface area contributed by atoms with Crippen LogP contribution in [-0.4, -0.2) is 19.5 Å². The third kappa shape index (κ3) is 4.67. The van der Waals surface area contributed by atoms with Crippen molar-refractivity contribution >= 4 is 15.6 Å². The summed E-state index contributed by atoms with van der Waals surface area (Å²) in [4.78, 5) is 12.7. The third-order valence-electron chi connectivity index (χ3n) is 4.44. The molecule has 4 heteroatoms. The van der Waals surface area contributed by atoms with Crippen LogP contribution < -0.4 is 0 Å². The maximum atomic E-state index is 12.8. The van der Waals surface area contributed by atoms with Gasteiger partial charge in [0.2, 0.25) is 0 Å². The summed E-state index contributed by atoms with van der Waals surface area (Å²) >= 11 is 0. The van der Waals surface area contributed by atoms with Gasteiger partial charge in [-0.3, -0.25) is 4.79 Å². The summed E-state index contributed by atoms with van der Waals surface area (Å²) in [6, 6.07) is 8.42. The lowest BCUT2D eigenvalue weighted by molar-refractivity contribution is -0.118. The topological polar surface area (TPSA) is 51.2 Å². The van der Waals surface area contributed by atoms with Gasteiger partial charge >= 0.3 is 0 Å². The Balaban J connectivity index is 2.17. The Kier molecular flexibility index (Phi) is 6.62. The van der Waals surface area contributed by atoms with Crippen molar-refractivity contribution in [1.82, 2.24) is 0 Å². The van der Waals surface area contributed by atoms with E-state index in [2.05, 4.69) is 0 Å². The van der Waals surface area contributed by atoms with E-state index >= 15 is 0 Å². The van der Waals surface area contributed by atoms with Gasteiger partial charge in [0.1, 0.15) is 5.25 Å². The lowest BCUT2D eigenvalue weighted by atomic mass is 10.00. The summed E-state index contributed by atoms with van der Waals surface area (Å²) in [6.45, 7) is 0. The van der Waals surface area contributed by atoms with E-state index < -0.39 is 15.1 Å². The van der Waals surface area contributed by atoms with E-state index in [9.17, 15) is 13.2 Å². The summed E-state index contributed by atoms with van der Waals surface area (Å²) in [5.74, 6) is -0.0931. The van der Waals surface area contributed by atoms with Crippen molar-refractivity contribution in [2.45, 2.75) is 74.4 Å². The molecule has 122 valence electrons. The monoisotopic (exact) mass is 322 g/mol. The maximum absolute atomic E-state index is 12.8. The predicted molar refractivity (Wildman–Crippen MR) is 88.6 cm³/mol. The molecule has 1 saturated carbocycles. The van der Waals surface area contributed by atoms with Crippen LogP contribution in [0.1, 0.15) is 64.2 Å². The van der Waals surface area contributed by atoms with E-state index in [-0.39, 0.29) is 10.7 Å². The standard InChI is InChI=1S/C18H26O3S/c19-17-14-10-5-3-1-2-4-6-11-15-18(17)22(20,21)16-12-8-7-9-13-16/h7-9,12-13,18H,1-6,10-11,14-15H2/t18-/m0/s1. The van der Waals surface area contributed by atoms with Crippen LogP contribution in [0.25, 0.3) is 0 Å². The van der Waals surface area contributed by atoms with Crippen molar-refractivity contribution in [2.24, 2.45) is 0 Å². The minimum atomic E-state index is -3.55. The number of Topliss-reactive ketones (excluding diaryl/α,β-unsaturated/α-hetero) is 1. The first kappa shape index (κ1) is 17.2. The van der Waals surface area contributed by atoms with Gasteiger partial charge in [0, 0.05) is 6.42 Å². The number of sulfone groups is 1. The minimum absolute atomic E-state index is 0.0931. The van der Waals surface area contributed by atoms with Crippen molar-refractivity contribution in [1.29, 1.82) is 0 Å². The van der Waals surface area contributed by atoms with Gasteiger partial charge in [0.15, 0.2) is 15.6 Å². The second-order valence-electron chi connectivity index (χ2n) is 6.18. The molecule has 0 aromatic heterocycles. The van der Waals surface area contributed by atoms with Crippen LogP contribution in [0, 0.1) is 0 Å². The highest BCUT2D eigenvalue weighted by molar-refractivity contribution is 7.92. The molecular weight excluding hydrogens is 296 g/mol. The first-order valence-corrected chi connectivity index (χ1v) is 9.98. The fourth-order valence-electron chi connectivity index (χ4n) is 3.11. The molecule has 1 aliphatic carbocycles. The summed E-state index contributed by atoms with van der Waals surface area (Å²) in [6.07, 6.45) is 9.33. The second kappa shape index (κ2) is 8.47. The van der Waals surface area contributed by atoms with E-state index in [1.54, 1.807) is 30.3 Å². The van der Waals surface area contributed by atoms with E-state index in [4.69, 9.17) is 0 Å². The Morgan fingerprint density at radius 3 is 1.95 bits per heavy atom. The van der Waals surface area contributed by atoms with Crippen molar-refractivity contribution in [3.8, 4) is 0 Å². The van der Waals surface area contributed by atoms with Gasteiger partial charge in [-0.15, -0.1) is 0 Å². The zero-order valence-electron chi connectivity index (χ0n) is 13.2. The van der Waals surface area contributed by atoms with Crippen LogP contribution in [0.3, 0.4) is 0 Å². The molecule has 1 atom stereocenters. The van der Waals surface area contributed by atoms with Gasteiger partial charge in [0.05, 0.1) is 4.90 Å². The molecule has 0 unspecified atom stereocenters. The first-order valence-electron chi connectivity index (χ1n) is 8.44. The Labute approximate surface area is 134 Å². The second-order valence-corrected chi connectivity index (χ2v) is 8.31. The van der Waals surface area contributed by atoms with Gasteiger partial charge in [-0.1, -0.05) is 63.1 Å². The zero-order chi connectivity index (χ0) is 15.8. The molecule has 0 heterocycles. The largest absolute Gasteiger partial charge is 0.298 e. The van der Waals surface area contributed by atoms with Crippen LogP contribution in [-0.2, 0) is 14.6 Å². The van der Waals surface area contributed by atoms with Crippen molar-refractivity contribution in [3.05, 3.63) is 30.3 Å². The highest BCUT2D eigenvalue weighted by atomic mass is 32.2. The summed E-state index contributed by atoms with van der Waals surface area (Å²) in [5, 5.41) is -0.852. The number of hydrogen-bond acceptors (Lipinski definition) is 3. The molecule has 0 N–H and O–H groups in total. The normalized spacial score (nSPS) is 22.5. The minimum Gasteiger partial charge on any atom is -0.298 e. The molecule has 2 rings (SSSR count).